The average molecular weight is 374 g/mol. The first-order valence-electron chi connectivity index (χ1n) is 8.30. The van der Waals surface area contributed by atoms with Crippen LogP contribution in [-0.2, 0) is 17.6 Å². The van der Waals surface area contributed by atoms with Crippen LogP contribution in [0.15, 0.2) is 24.3 Å². The van der Waals surface area contributed by atoms with E-state index in [4.69, 9.17) is 4.74 Å². The predicted octanol–water partition coefficient (Wildman–Crippen LogP) is 3.96. The highest BCUT2D eigenvalue weighted by molar-refractivity contribution is 7.17. The third-order valence-corrected chi connectivity index (χ3v) is 5.59. The van der Waals surface area contributed by atoms with Gasteiger partial charge in [0.2, 0.25) is 0 Å². The number of nitrogens with zero attached hydrogens (tertiary/aromatic N) is 1. The van der Waals surface area contributed by atoms with Crippen molar-refractivity contribution in [2.75, 3.05) is 12.4 Å². The second-order valence-electron chi connectivity index (χ2n) is 6.02. The van der Waals surface area contributed by atoms with Gasteiger partial charge in [0, 0.05) is 22.6 Å². The van der Waals surface area contributed by atoms with Crippen molar-refractivity contribution < 1.29 is 19.2 Å². The molecular weight excluding hydrogens is 356 g/mol. The third-order valence-electron chi connectivity index (χ3n) is 4.38. The molecule has 1 amide bonds. The number of nitro groups is 1. The lowest BCUT2D eigenvalue weighted by molar-refractivity contribution is -0.384. The van der Waals surface area contributed by atoms with Crippen molar-refractivity contribution in [2.24, 2.45) is 0 Å². The van der Waals surface area contributed by atoms with Gasteiger partial charge in [-0.25, -0.2) is 4.79 Å². The van der Waals surface area contributed by atoms with E-state index in [2.05, 4.69) is 5.32 Å². The fraction of sp³-hybridized carbons (Fsp3) is 0.333. The van der Waals surface area contributed by atoms with Crippen LogP contribution in [0.5, 0.6) is 0 Å². The summed E-state index contributed by atoms with van der Waals surface area (Å²) < 4.78 is 4.91. The molecular formula is C18H18N2O5S. The molecule has 7 nitrogen and oxygen atoms in total. The second-order valence-corrected chi connectivity index (χ2v) is 7.12. The highest BCUT2D eigenvalue weighted by atomic mass is 32.1. The predicted molar refractivity (Wildman–Crippen MR) is 98.0 cm³/mol. The van der Waals surface area contributed by atoms with Gasteiger partial charge in [0.25, 0.3) is 11.6 Å². The van der Waals surface area contributed by atoms with Gasteiger partial charge in [0.05, 0.1) is 17.6 Å². The number of hydrogen-bond acceptors (Lipinski definition) is 6. The zero-order chi connectivity index (χ0) is 18.7. The molecule has 0 radical (unpaired) electrons. The molecule has 0 saturated heterocycles. The SMILES string of the molecule is COC(=O)c1c(NC(=O)c2ccc([N+](=O)[O-])cc2)sc2c1CCCCC2. The van der Waals surface area contributed by atoms with E-state index in [1.807, 2.05) is 0 Å². The van der Waals surface area contributed by atoms with Crippen molar-refractivity contribution in [3.05, 3.63) is 55.9 Å². The molecule has 8 heteroatoms. The minimum absolute atomic E-state index is 0.0837. The van der Waals surface area contributed by atoms with E-state index in [0.29, 0.717) is 10.6 Å². The number of methoxy groups -OCH3 is 1. The summed E-state index contributed by atoms with van der Waals surface area (Å²) in [5, 5.41) is 14.0. The normalized spacial score (nSPS) is 13.4. The summed E-state index contributed by atoms with van der Waals surface area (Å²) >= 11 is 1.41. The number of ether oxygens (including phenoxy) is 1. The molecule has 1 N–H and O–H groups in total. The first kappa shape index (κ1) is 18.1. The molecule has 1 aromatic carbocycles. The van der Waals surface area contributed by atoms with Crippen LogP contribution in [-0.4, -0.2) is 23.9 Å². The van der Waals surface area contributed by atoms with E-state index < -0.39 is 16.8 Å². The van der Waals surface area contributed by atoms with E-state index in [9.17, 15) is 19.7 Å². The molecule has 0 spiro atoms. The number of carbonyl (C=O) groups excluding carboxylic acids is 2. The standard InChI is InChI=1S/C18H18N2O5S/c1-25-18(22)15-13-5-3-2-4-6-14(13)26-17(15)19-16(21)11-7-9-12(10-8-11)20(23)24/h7-10H,2-6H2,1H3,(H,19,21). The molecule has 0 aliphatic heterocycles. The van der Waals surface area contributed by atoms with E-state index in [1.165, 1.54) is 42.7 Å². The summed E-state index contributed by atoms with van der Waals surface area (Å²) in [6.07, 6.45) is 4.86. The summed E-state index contributed by atoms with van der Waals surface area (Å²) in [6.45, 7) is 0. The Morgan fingerprint density at radius 1 is 1.15 bits per heavy atom. The summed E-state index contributed by atoms with van der Waals surface area (Å²) in [7, 11) is 1.32. The summed E-state index contributed by atoms with van der Waals surface area (Å²) in [6, 6.07) is 5.34. The van der Waals surface area contributed by atoms with Crippen molar-refractivity contribution in [3.63, 3.8) is 0 Å². The fourth-order valence-electron chi connectivity index (χ4n) is 3.06. The number of aryl methyl sites for hydroxylation is 1. The minimum atomic E-state index is -0.520. The molecule has 26 heavy (non-hydrogen) atoms. The second kappa shape index (κ2) is 7.65. The first-order chi connectivity index (χ1) is 12.5. The van der Waals surface area contributed by atoms with Crippen molar-refractivity contribution in [3.8, 4) is 0 Å². The van der Waals surface area contributed by atoms with Crippen molar-refractivity contribution in [1.82, 2.24) is 0 Å². The monoisotopic (exact) mass is 374 g/mol. The van der Waals surface area contributed by atoms with Crippen LogP contribution in [0.2, 0.25) is 0 Å². The number of fused-ring (bicyclic) bond motifs is 1. The molecule has 136 valence electrons. The fourth-order valence-corrected chi connectivity index (χ4v) is 4.33. The third kappa shape index (κ3) is 3.60. The molecule has 1 heterocycles. The maximum atomic E-state index is 12.5. The maximum absolute atomic E-state index is 12.5. The van der Waals surface area contributed by atoms with Gasteiger partial charge in [-0.3, -0.25) is 14.9 Å². The number of amides is 1. The Bertz CT molecular complexity index is 857. The number of nitro benzene ring substituents is 1. The zero-order valence-corrected chi connectivity index (χ0v) is 15.1. The van der Waals surface area contributed by atoms with Gasteiger partial charge < -0.3 is 10.1 Å². The lowest BCUT2D eigenvalue weighted by atomic mass is 10.1. The van der Waals surface area contributed by atoms with Crippen LogP contribution in [0, 0.1) is 10.1 Å². The Kier molecular flexibility index (Phi) is 5.32. The Hall–Kier alpha value is -2.74. The largest absolute Gasteiger partial charge is 0.465 e. The molecule has 2 aromatic rings. The maximum Gasteiger partial charge on any atom is 0.341 e. The average Bonchev–Trinajstić information content (AvgIpc) is 2.81. The Balaban J connectivity index is 1.90. The summed E-state index contributed by atoms with van der Waals surface area (Å²) in [4.78, 5) is 36.1. The molecule has 0 fully saturated rings. The highest BCUT2D eigenvalue weighted by Gasteiger charge is 2.26. The highest BCUT2D eigenvalue weighted by Crippen LogP contribution is 2.38. The summed E-state index contributed by atoms with van der Waals surface area (Å²) in [5.74, 6) is -0.871. The number of non-ortho nitro benzene ring substituents is 1. The summed E-state index contributed by atoms with van der Waals surface area (Å²) in [5.41, 5.74) is 1.61. The topological polar surface area (TPSA) is 98.5 Å². The van der Waals surface area contributed by atoms with Gasteiger partial charge in [0.15, 0.2) is 0 Å². The van der Waals surface area contributed by atoms with Gasteiger partial charge in [-0.2, -0.15) is 0 Å². The molecule has 1 aliphatic carbocycles. The number of anilines is 1. The number of esters is 1. The van der Waals surface area contributed by atoms with Gasteiger partial charge in [0.1, 0.15) is 5.00 Å². The van der Waals surface area contributed by atoms with Crippen LogP contribution in [0.4, 0.5) is 10.7 Å². The number of thiophene rings is 1. The van der Waals surface area contributed by atoms with Crippen molar-refractivity contribution in [1.29, 1.82) is 0 Å². The van der Waals surface area contributed by atoms with Crippen LogP contribution >= 0.6 is 11.3 Å². The van der Waals surface area contributed by atoms with E-state index in [0.717, 1.165) is 42.5 Å². The van der Waals surface area contributed by atoms with Gasteiger partial charge in [-0.15, -0.1) is 11.3 Å². The Morgan fingerprint density at radius 3 is 2.50 bits per heavy atom. The van der Waals surface area contributed by atoms with E-state index >= 15 is 0 Å². The van der Waals surface area contributed by atoms with Crippen molar-refractivity contribution in [2.45, 2.75) is 32.1 Å². The van der Waals surface area contributed by atoms with Crippen LogP contribution < -0.4 is 5.32 Å². The molecule has 1 aliphatic rings. The first-order valence-corrected chi connectivity index (χ1v) is 9.11. The molecule has 0 atom stereocenters. The number of hydrogen-bond donors (Lipinski definition) is 1. The molecule has 1 aromatic heterocycles. The van der Waals surface area contributed by atoms with Crippen LogP contribution in [0.3, 0.4) is 0 Å². The van der Waals surface area contributed by atoms with Crippen LogP contribution in [0.1, 0.15) is 50.4 Å². The Morgan fingerprint density at radius 2 is 1.85 bits per heavy atom. The number of benzene rings is 1. The van der Waals surface area contributed by atoms with Gasteiger partial charge in [-0.1, -0.05) is 6.42 Å². The van der Waals surface area contributed by atoms with Crippen LogP contribution in [0.25, 0.3) is 0 Å². The zero-order valence-electron chi connectivity index (χ0n) is 14.2. The lowest BCUT2D eigenvalue weighted by Crippen LogP contribution is -2.14. The molecule has 0 unspecified atom stereocenters. The number of nitrogens with one attached hydrogen (secondary N) is 1. The van der Waals surface area contributed by atoms with Gasteiger partial charge >= 0.3 is 5.97 Å². The minimum Gasteiger partial charge on any atom is -0.465 e. The molecule has 0 saturated carbocycles. The smallest absolute Gasteiger partial charge is 0.341 e. The quantitative estimate of drug-likeness (QED) is 0.378. The molecule has 3 rings (SSSR count). The number of carbonyl (C=O) groups is 2. The molecule has 0 bridgehead atoms. The lowest BCUT2D eigenvalue weighted by Gasteiger charge is -2.07. The van der Waals surface area contributed by atoms with Crippen molar-refractivity contribution >= 4 is 33.9 Å². The van der Waals surface area contributed by atoms with E-state index in [-0.39, 0.29) is 11.3 Å². The van der Waals surface area contributed by atoms with Gasteiger partial charge in [-0.05, 0) is 43.4 Å². The number of rotatable bonds is 4. The Labute approximate surface area is 154 Å². The van der Waals surface area contributed by atoms with E-state index in [1.54, 1.807) is 0 Å².